The first-order valence-corrected chi connectivity index (χ1v) is 6.77. The van der Waals surface area contributed by atoms with Gasteiger partial charge in [0.2, 0.25) is 0 Å². The number of nitrogens with zero attached hydrogens (tertiary/aromatic N) is 1. The first-order chi connectivity index (χ1) is 8.61. The van der Waals surface area contributed by atoms with Crippen molar-refractivity contribution in [2.75, 3.05) is 18.8 Å². The summed E-state index contributed by atoms with van der Waals surface area (Å²) in [5, 5.41) is 0. The Balaban J connectivity index is 0.00000180. The Bertz CT molecular complexity index is 448. The molecule has 1 aromatic carbocycles. The Morgan fingerprint density at radius 1 is 1.47 bits per heavy atom. The minimum atomic E-state index is 0. The topological polar surface area (TPSA) is 46.3 Å². The molecule has 0 aliphatic carbocycles. The van der Waals surface area contributed by atoms with Crippen LogP contribution in [0, 0.1) is 12.8 Å². The maximum atomic E-state index is 12.5. The van der Waals surface area contributed by atoms with Crippen molar-refractivity contribution >= 4 is 24.0 Å². The molecule has 1 amide bonds. The van der Waals surface area contributed by atoms with Crippen molar-refractivity contribution in [2.24, 2.45) is 5.92 Å². The van der Waals surface area contributed by atoms with Crippen LogP contribution < -0.4 is 5.73 Å². The summed E-state index contributed by atoms with van der Waals surface area (Å²) in [6.45, 7) is 5.94. The van der Waals surface area contributed by atoms with E-state index in [1.54, 1.807) is 6.07 Å². The van der Waals surface area contributed by atoms with E-state index in [0.717, 1.165) is 37.1 Å². The van der Waals surface area contributed by atoms with Crippen LogP contribution in [0.15, 0.2) is 18.2 Å². The van der Waals surface area contributed by atoms with E-state index < -0.39 is 0 Å². The van der Waals surface area contributed by atoms with Gasteiger partial charge in [-0.1, -0.05) is 19.4 Å². The van der Waals surface area contributed by atoms with E-state index in [1.807, 2.05) is 24.0 Å². The smallest absolute Gasteiger partial charge is 0.254 e. The molecular formula is C15H23ClN2O. The monoisotopic (exact) mass is 282 g/mol. The zero-order valence-corrected chi connectivity index (χ0v) is 12.5. The summed E-state index contributed by atoms with van der Waals surface area (Å²) in [6.07, 6.45) is 3.52. The van der Waals surface area contributed by atoms with E-state index in [-0.39, 0.29) is 18.3 Å². The van der Waals surface area contributed by atoms with Gasteiger partial charge in [-0.25, -0.2) is 0 Å². The number of anilines is 1. The van der Waals surface area contributed by atoms with Gasteiger partial charge in [0.1, 0.15) is 0 Å². The van der Waals surface area contributed by atoms with Crippen LogP contribution in [0.25, 0.3) is 0 Å². The summed E-state index contributed by atoms with van der Waals surface area (Å²) in [5.74, 6) is 0.794. The van der Waals surface area contributed by atoms with Crippen LogP contribution >= 0.6 is 12.4 Å². The number of nitrogen functional groups attached to an aromatic ring is 1. The standard InChI is InChI=1S/C15H22N2O.ClH/c1-3-12-5-4-8-17(10-12)15(18)14-9-13(16)7-6-11(14)2;/h6-7,9,12H,3-5,8,10,16H2,1-2H3;1H. The number of hydrogen-bond acceptors (Lipinski definition) is 2. The number of carbonyl (C=O) groups excluding carboxylic acids is 1. The Kier molecular flexibility index (Phi) is 5.67. The Hall–Kier alpha value is -1.22. The molecule has 1 heterocycles. The highest BCUT2D eigenvalue weighted by Gasteiger charge is 2.24. The number of piperidine rings is 1. The van der Waals surface area contributed by atoms with Gasteiger partial charge in [0, 0.05) is 24.3 Å². The van der Waals surface area contributed by atoms with Crippen LogP contribution in [0.1, 0.15) is 42.1 Å². The highest BCUT2D eigenvalue weighted by molar-refractivity contribution is 5.96. The fourth-order valence-electron chi connectivity index (χ4n) is 2.62. The van der Waals surface area contributed by atoms with Crippen LogP contribution in [-0.2, 0) is 0 Å². The number of likely N-dealkylation sites (tertiary alicyclic amines) is 1. The van der Waals surface area contributed by atoms with Gasteiger partial charge in [0.15, 0.2) is 0 Å². The normalized spacial score (nSPS) is 18.8. The molecule has 4 heteroatoms. The second-order valence-corrected chi connectivity index (χ2v) is 5.24. The highest BCUT2D eigenvalue weighted by atomic mass is 35.5. The maximum absolute atomic E-state index is 12.5. The number of rotatable bonds is 2. The highest BCUT2D eigenvalue weighted by Crippen LogP contribution is 2.22. The number of amides is 1. The van der Waals surface area contributed by atoms with Gasteiger partial charge in [-0.05, 0) is 43.4 Å². The van der Waals surface area contributed by atoms with Gasteiger partial charge in [-0.15, -0.1) is 12.4 Å². The van der Waals surface area contributed by atoms with Gasteiger partial charge in [-0.3, -0.25) is 4.79 Å². The fourth-order valence-corrected chi connectivity index (χ4v) is 2.62. The van der Waals surface area contributed by atoms with E-state index in [4.69, 9.17) is 5.73 Å². The van der Waals surface area contributed by atoms with Crippen molar-refractivity contribution in [3.63, 3.8) is 0 Å². The van der Waals surface area contributed by atoms with Gasteiger partial charge < -0.3 is 10.6 Å². The van der Waals surface area contributed by atoms with Crippen LogP contribution in [-0.4, -0.2) is 23.9 Å². The zero-order chi connectivity index (χ0) is 13.1. The molecule has 1 unspecified atom stereocenters. The largest absolute Gasteiger partial charge is 0.399 e. The molecule has 0 bridgehead atoms. The summed E-state index contributed by atoms with van der Waals surface area (Å²) < 4.78 is 0. The van der Waals surface area contributed by atoms with Crippen LogP contribution in [0.5, 0.6) is 0 Å². The van der Waals surface area contributed by atoms with Crippen molar-refractivity contribution in [3.05, 3.63) is 29.3 Å². The van der Waals surface area contributed by atoms with E-state index in [0.29, 0.717) is 11.6 Å². The number of carbonyl (C=O) groups is 1. The van der Waals surface area contributed by atoms with Crippen LogP contribution in [0.3, 0.4) is 0 Å². The summed E-state index contributed by atoms with van der Waals surface area (Å²) in [6, 6.07) is 5.56. The minimum Gasteiger partial charge on any atom is -0.399 e. The number of nitrogens with two attached hydrogens (primary N) is 1. The summed E-state index contributed by atoms with van der Waals surface area (Å²) in [7, 11) is 0. The summed E-state index contributed by atoms with van der Waals surface area (Å²) in [4.78, 5) is 14.5. The SMILES string of the molecule is CCC1CCCN(C(=O)c2cc(N)ccc2C)C1.Cl. The van der Waals surface area contributed by atoms with Gasteiger partial charge in [0.05, 0.1) is 0 Å². The number of benzene rings is 1. The Labute approximate surface area is 121 Å². The van der Waals surface area contributed by atoms with E-state index in [2.05, 4.69) is 6.92 Å². The molecule has 19 heavy (non-hydrogen) atoms. The van der Waals surface area contributed by atoms with E-state index >= 15 is 0 Å². The van der Waals surface area contributed by atoms with Gasteiger partial charge in [0.25, 0.3) is 5.91 Å². The molecule has 1 fully saturated rings. The number of halogens is 1. The molecule has 2 N–H and O–H groups in total. The number of hydrogen-bond donors (Lipinski definition) is 1. The average Bonchev–Trinajstić information content (AvgIpc) is 2.41. The number of aryl methyl sites for hydroxylation is 1. The first kappa shape index (κ1) is 15.8. The lowest BCUT2D eigenvalue weighted by molar-refractivity contribution is 0.0670. The quantitative estimate of drug-likeness (QED) is 0.846. The Morgan fingerprint density at radius 3 is 2.89 bits per heavy atom. The second-order valence-electron chi connectivity index (χ2n) is 5.24. The molecule has 1 saturated heterocycles. The minimum absolute atomic E-state index is 0. The molecule has 3 nitrogen and oxygen atoms in total. The van der Waals surface area contributed by atoms with Gasteiger partial charge in [-0.2, -0.15) is 0 Å². The molecule has 0 spiro atoms. The van der Waals surface area contributed by atoms with Crippen molar-refractivity contribution in [1.29, 1.82) is 0 Å². The Morgan fingerprint density at radius 2 is 2.21 bits per heavy atom. The molecule has 2 rings (SSSR count). The summed E-state index contributed by atoms with van der Waals surface area (Å²) in [5.41, 5.74) is 8.20. The predicted molar refractivity (Wildman–Crippen MR) is 81.8 cm³/mol. The molecule has 0 aromatic heterocycles. The lowest BCUT2D eigenvalue weighted by Gasteiger charge is -2.32. The van der Waals surface area contributed by atoms with Crippen LogP contribution in [0.4, 0.5) is 5.69 Å². The van der Waals surface area contributed by atoms with Crippen molar-refractivity contribution < 1.29 is 4.79 Å². The first-order valence-electron chi connectivity index (χ1n) is 6.77. The lowest BCUT2D eigenvalue weighted by Crippen LogP contribution is -2.40. The average molecular weight is 283 g/mol. The predicted octanol–water partition coefficient (Wildman–Crippen LogP) is 3.26. The lowest BCUT2D eigenvalue weighted by atomic mass is 9.94. The molecule has 0 saturated carbocycles. The molecule has 0 radical (unpaired) electrons. The van der Waals surface area contributed by atoms with E-state index in [9.17, 15) is 4.79 Å². The third kappa shape index (κ3) is 3.63. The van der Waals surface area contributed by atoms with Crippen molar-refractivity contribution in [1.82, 2.24) is 4.90 Å². The third-order valence-electron chi connectivity index (χ3n) is 3.88. The molecule has 1 aliphatic heterocycles. The summed E-state index contributed by atoms with van der Waals surface area (Å²) >= 11 is 0. The van der Waals surface area contributed by atoms with E-state index in [1.165, 1.54) is 6.42 Å². The van der Waals surface area contributed by atoms with Crippen molar-refractivity contribution in [3.8, 4) is 0 Å². The maximum Gasteiger partial charge on any atom is 0.254 e. The molecule has 1 atom stereocenters. The molecule has 106 valence electrons. The zero-order valence-electron chi connectivity index (χ0n) is 11.7. The third-order valence-corrected chi connectivity index (χ3v) is 3.88. The van der Waals surface area contributed by atoms with Gasteiger partial charge >= 0.3 is 0 Å². The molecule has 1 aliphatic rings. The fraction of sp³-hybridized carbons (Fsp3) is 0.533. The van der Waals surface area contributed by atoms with Crippen molar-refractivity contribution in [2.45, 2.75) is 33.1 Å². The molecular weight excluding hydrogens is 260 g/mol. The second kappa shape index (κ2) is 6.80. The van der Waals surface area contributed by atoms with Crippen LogP contribution in [0.2, 0.25) is 0 Å². The molecule has 1 aromatic rings.